The molecule has 0 radical (unpaired) electrons. The topological polar surface area (TPSA) is 242 Å². The van der Waals surface area contributed by atoms with E-state index in [1.807, 2.05) is 26.8 Å². The van der Waals surface area contributed by atoms with Crippen LogP contribution in [0, 0.1) is 0 Å². The minimum absolute atomic E-state index is 0.118. The third kappa shape index (κ3) is 13.0. The van der Waals surface area contributed by atoms with E-state index in [4.69, 9.17) is 30.2 Å². The largest absolute Gasteiger partial charge is 0.490 e. The number of benzene rings is 3. The molecule has 1 amide bonds. The monoisotopic (exact) mass is 812 g/mol. The summed E-state index contributed by atoms with van der Waals surface area (Å²) in [5, 5.41) is 20.2. The molecular weight excluding hydrogens is 770 g/mol. The molecule has 55 heavy (non-hydrogen) atoms. The molecule has 0 saturated carbocycles. The number of carboxylic acids is 1. The maximum Gasteiger partial charge on any atom is 0.490 e. The summed E-state index contributed by atoms with van der Waals surface area (Å²) < 4.78 is 96.9. The maximum absolute atomic E-state index is 14.0. The molecule has 0 aliphatic heterocycles. The van der Waals surface area contributed by atoms with Crippen LogP contribution in [-0.2, 0) is 36.2 Å². The van der Waals surface area contributed by atoms with Gasteiger partial charge in [-0.25, -0.2) is 36.5 Å². The molecule has 0 bridgehead atoms. The first-order chi connectivity index (χ1) is 25.3. The summed E-state index contributed by atoms with van der Waals surface area (Å²) >= 11 is 0. The third-order valence-electron chi connectivity index (χ3n) is 7.06. The van der Waals surface area contributed by atoms with Crippen molar-refractivity contribution in [1.29, 1.82) is 0 Å². The number of carboxylic acid groups (broad SMARTS) is 1. The molecule has 4 rings (SSSR count). The van der Waals surface area contributed by atoms with Gasteiger partial charge in [0.05, 0.1) is 22.5 Å². The molecule has 1 heterocycles. The number of pyridine rings is 1. The summed E-state index contributed by atoms with van der Waals surface area (Å²) in [5.41, 5.74) is 6.53. The number of nitrogen functional groups attached to an aromatic ring is 1. The van der Waals surface area contributed by atoms with Crippen LogP contribution in [0.15, 0.2) is 76.7 Å². The second kappa shape index (κ2) is 17.5. The molecule has 300 valence electrons. The highest BCUT2D eigenvalue weighted by atomic mass is 32.2. The van der Waals surface area contributed by atoms with Crippen molar-refractivity contribution in [3.63, 3.8) is 0 Å². The van der Waals surface area contributed by atoms with Gasteiger partial charge in [0.15, 0.2) is 11.5 Å². The van der Waals surface area contributed by atoms with Crippen molar-refractivity contribution >= 4 is 54.2 Å². The molecule has 3 aromatic carbocycles. The number of hydrogen-bond acceptors (Lipinski definition) is 11. The normalized spacial score (nSPS) is 12.7. The van der Waals surface area contributed by atoms with Crippen LogP contribution in [0.4, 0.5) is 24.7 Å². The predicted molar refractivity (Wildman–Crippen MR) is 199 cm³/mol. The third-order valence-corrected chi connectivity index (χ3v) is 9.69. The number of carbonyl (C=O) groups is 2. The van der Waals surface area contributed by atoms with Crippen LogP contribution >= 0.6 is 0 Å². The van der Waals surface area contributed by atoms with E-state index in [-0.39, 0.29) is 23.1 Å². The summed E-state index contributed by atoms with van der Waals surface area (Å²) in [4.78, 5) is 26.3. The lowest BCUT2D eigenvalue weighted by atomic mass is 10.0. The second-order valence-corrected chi connectivity index (χ2v) is 16.5. The van der Waals surface area contributed by atoms with E-state index < -0.39 is 54.6 Å². The van der Waals surface area contributed by atoms with Crippen LogP contribution in [-0.4, -0.2) is 63.2 Å². The van der Waals surface area contributed by atoms with Gasteiger partial charge in [-0.2, -0.15) is 13.2 Å². The Labute approximate surface area is 316 Å². The van der Waals surface area contributed by atoms with Crippen LogP contribution < -0.4 is 35.7 Å². The Bertz CT molecular complexity index is 2250. The van der Waals surface area contributed by atoms with Crippen molar-refractivity contribution < 1.29 is 54.2 Å². The molecule has 8 N–H and O–H groups in total. The van der Waals surface area contributed by atoms with Crippen LogP contribution in [0.3, 0.4) is 0 Å². The number of anilines is 2. The standard InChI is InChI=1S/C33H42N6O7S2.C2HF3O2/c1-7-45-29-17-23(8-11-28(29)46-20(2)3)30(38-24-9-10-27-22(16-24)12-13-36-31(27)34)32(40)37-19-21-14-25(47(35,41)42)18-26(15-21)48(43,44)39-33(4,5)6;3-2(4,5)1(6)7/h8-18,20,30,38-39H,7,19H2,1-6H3,(H2,34,36)(H,37,40)(H2,35,41,42);(H,6,7). The maximum atomic E-state index is 14.0. The number of carbonyl (C=O) groups excluding carboxylic acids is 1. The molecule has 1 atom stereocenters. The van der Waals surface area contributed by atoms with E-state index in [0.29, 0.717) is 35.2 Å². The number of aliphatic carboxylic acids is 1. The number of fused-ring (bicyclic) bond motifs is 1. The molecule has 20 heteroatoms. The Kier molecular flexibility index (Phi) is 14.1. The van der Waals surface area contributed by atoms with Gasteiger partial charge in [-0.3, -0.25) is 4.79 Å². The highest BCUT2D eigenvalue weighted by Gasteiger charge is 2.38. The number of sulfonamides is 2. The zero-order valence-electron chi connectivity index (χ0n) is 30.7. The average molecular weight is 813 g/mol. The van der Waals surface area contributed by atoms with Gasteiger partial charge < -0.3 is 30.9 Å². The van der Waals surface area contributed by atoms with E-state index in [0.717, 1.165) is 16.8 Å². The van der Waals surface area contributed by atoms with Gasteiger partial charge in [0.1, 0.15) is 11.9 Å². The number of hydrogen-bond donors (Lipinski definition) is 6. The average Bonchev–Trinajstić information content (AvgIpc) is 3.05. The Morgan fingerprint density at radius 1 is 0.927 bits per heavy atom. The van der Waals surface area contributed by atoms with Crippen LogP contribution in [0.5, 0.6) is 11.5 Å². The van der Waals surface area contributed by atoms with Crippen molar-refractivity contribution in [3.8, 4) is 11.5 Å². The number of nitrogens with two attached hydrogens (primary N) is 2. The van der Waals surface area contributed by atoms with Crippen molar-refractivity contribution in [2.24, 2.45) is 5.14 Å². The first kappa shape index (κ1) is 44.2. The summed E-state index contributed by atoms with van der Waals surface area (Å²) in [6, 6.07) is 14.9. The Morgan fingerprint density at radius 2 is 1.56 bits per heavy atom. The van der Waals surface area contributed by atoms with Crippen molar-refractivity contribution in [1.82, 2.24) is 15.0 Å². The number of aromatic nitrogens is 1. The zero-order valence-corrected chi connectivity index (χ0v) is 32.3. The lowest BCUT2D eigenvalue weighted by Crippen LogP contribution is -2.40. The van der Waals surface area contributed by atoms with E-state index >= 15 is 0 Å². The predicted octanol–water partition coefficient (Wildman–Crippen LogP) is 4.83. The molecule has 0 spiro atoms. The van der Waals surface area contributed by atoms with Gasteiger partial charge in [0.2, 0.25) is 26.0 Å². The number of primary sulfonamides is 1. The summed E-state index contributed by atoms with van der Waals surface area (Å²) in [6.07, 6.45) is -3.61. The van der Waals surface area contributed by atoms with Crippen LogP contribution in [0.2, 0.25) is 0 Å². The summed E-state index contributed by atoms with van der Waals surface area (Å²) in [5.74, 6) is -1.92. The van der Waals surface area contributed by atoms with Crippen LogP contribution in [0.25, 0.3) is 10.8 Å². The van der Waals surface area contributed by atoms with Crippen molar-refractivity contribution in [3.05, 3.63) is 78.0 Å². The second-order valence-electron chi connectivity index (χ2n) is 13.2. The van der Waals surface area contributed by atoms with Gasteiger partial charge in [0.25, 0.3) is 0 Å². The minimum Gasteiger partial charge on any atom is -0.490 e. The molecule has 0 aliphatic carbocycles. The van der Waals surface area contributed by atoms with Gasteiger partial charge in [0, 0.05) is 29.4 Å². The van der Waals surface area contributed by atoms with Gasteiger partial charge in [-0.1, -0.05) is 6.07 Å². The number of amides is 1. The Morgan fingerprint density at radius 3 is 2.13 bits per heavy atom. The quantitative estimate of drug-likeness (QED) is 0.106. The van der Waals surface area contributed by atoms with Crippen LogP contribution in [0.1, 0.15) is 58.7 Å². The molecule has 4 aromatic rings. The Balaban J connectivity index is 0.00000106. The number of ether oxygens (including phenoxy) is 2. The lowest BCUT2D eigenvalue weighted by Gasteiger charge is -2.23. The first-order valence-electron chi connectivity index (χ1n) is 16.4. The summed E-state index contributed by atoms with van der Waals surface area (Å²) in [6.45, 7) is 10.7. The fraction of sp³-hybridized carbons (Fsp3) is 0.343. The smallest absolute Gasteiger partial charge is 0.490 e. The van der Waals surface area contributed by atoms with Gasteiger partial charge >= 0.3 is 12.1 Å². The molecule has 0 aliphatic rings. The van der Waals surface area contributed by atoms with E-state index in [1.165, 1.54) is 12.1 Å². The molecule has 1 unspecified atom stereocenters. The summed E-state index contributed by atoms with van der Waals surface area (Å²) in [7, 11) is -8.43. The fourth-order valence-electron chi connectivity index (χ4n) is 4.89. The van der Waals surface area contributed by atoms with Gasteiger partial charge in [-0.05, 0) is 113 Å². The number of nitrogens with one attached hydrogen (secondary N) is 3. The number of nitrogens with zero attached hydrogens (tertiary/aromatic N) is 1. The molecule has 0 fully saturated rings. The molecule has 15 nitrogen and oxygen atoms in total. The zero-order chi connectivity index (χ0) is 41.5. The highest BCUT2D eigenvalue weighted by Crippen LogP contribution is 2.34. The van der Waals surface area contributed by atoms with E-state index in [2.05, 4.69) is 20.3 Å². The van der Waals surface area contributed by atoms with E-state index in [1.54, 1.807) is 63.4 Å². The first-order valence-corrected chi connectivity index (χ1v) is 19.5. The van der Waals surface area contributed by atoms with Crippen molar-refractivity contribution in [2.75, 3.05) is 17.7 Å². The molecule has 1 aromatic heterocycles. The Hall–Kier alpha value is -5.18. The molecule has 0 saturated heterocycles. The SMILES string of the molecule is CCOc1cc(C(Nc2ccc3c(N)nccc3c2)C(=O)NCc2cc(S(N)(=O)=O)cc(S(=O)(=O)NC(C)(C)C)c2)ccc1OC(C)C.O=C(O)C(F)(F)F. The fourth-order valence-corrected chi connectivity index (χ4v) is 7.08. The molecular formula is C35H43F3N6O9S2. The van der Waals surface area contributed by atoms with E-state index in [9.17, 15) is 34.8 Å². The van der Waals surface area contributed by atoms with Crippen molar-refractivity contribution in [2.45, 2.75) is 81.7 Å². The lowest BCUT2D eigenvalue weighted by molar-refractivity contribution is -0.192. The number of halogens is 3. The highest BCUT2D eigenvalue weighted by molar-refractivity contribution is 7.90. The minimum atomic E-state index is -5.08. The number of alkyl halides is 3. The van der Waals surface area contributed by atoms with Gasteiger partial charge in [-0.15, -0.1) is 0 Å². The number of rotatable bonds is 13.